The summed E-state index contributed by atoms with van der Waals surface area (Å²) in [5.74, 6) is -0.391. The van der Waals surface area contributed by atoms with Crippen molar-refractivity contribution in [2.24, 2.45) is 0 Å². The highest BCUT2D eigenvalue weighted by Crippen LogP contribution is 2.15. The van der Waals surface area contributed by atoms with Crippen molar-refractivity contribution in [1.82, 2.24) is 15.1 Å². The number of hydrogen-bond donors (Lipinski definition) is 2. The lowest BCUT2D eigenvalue weighted by Gasteiger charge is -2.04. The number of carbonyl (C=O) groups is 2. The van der Waals surface area contributed by atoms with Gasteiger partial charge in [0, 0.05) is 7.05 Å². The number of fused-ring (bicyclic) bond motifs is 1. The van der Waals surface area contributed by atoms with Crippen LogP contribution in [0.4, 0.5) is 4.79 Å². The first-order valence-corrected chi connectivity index (χ1v) is 5.73. The SMILES string of the molecule is CCOC(=O)n1[nH]c(=O)c2c(C(=O)NC)cccc21. The molecule has 0 spiro atoms. The third-order valence-corrected chi connectivity index (χ3v) is 2.65. The van der Waals surface area contributed by atoms with Gasteiger partial charge in [0.25, 0.3) is 11.5 Å². The normalized spacial score (nSPS) is 10.4. The van der Waals surface area contributed by atoms with E-state index in [0.717, 1.165) is 4.68 Å². The van der Waals surface area contributed by atoms with Crippen LogP contribution in [0.3, 0.4) is 0 Å². The first-order valence-electron chi connectivity index (χ1n) is 5.73. The molecule has 0 aliphatic heterocycles. The van der Waals surface area contributed by atoms with Gasteiger partial charge in [0.15, 0.2) is 0 Å². The molecule has 0 aliphatic carbocycles. The topological polar surface area (TPSA) is 93.2 Å². The van der Waals surface area contributed by atoms with Crippen LogP contribution in [-0.2, 0) is 4.74 Å². The van der Waals surface area contributed by atoms with E-state index in [4.69, 9.17) is 4.74 Å². The van der Waals surface area contributed by atoms with Crippen molar-refractivity contribution < 1.29 is 14.3 Å². The monoisotopic (exact) mass is 263 g/mol. The minimum absolute atomic E-state index is 0.162. The van der Waals surface area contributed by atoms with Crippen molar-refractivity contribution in [2.75, 3.05) is 13.7 Å². The highest BCUT2D eigenvalue weighted by molar-refractivity contribution is 6.07. The lowest BCUT2D eigenvalue weighted by atomic mass is 10.1. The van der Waals surface area contributed by atoms with E-state index in [1.165, 1.54) is 13.1 Å². The number of aromatic nitrogens is 2. The number of aromatic amines is 1. The maximum absolute atomic E-state index is 11.9. The third kappa shape index (κ3) is 2.10. The standard InChI is InChI=1S/C12H13N3O4/c1-3-19-12(18)15-8-6-4-5-7(10(16)13-2)9(8)11(17)14-15/h4-6H,3H2,1-2H3,(H,13,16)(H,14,17). The first-order chi connectivity index (χ1) is 9.10. The molecule has 2 aromatic rings. The molecule has 0 unspecified atom stereocenters. The molecule has 7 heteroatoms. The summed E-state index contributed by atoms with van der Waals surface area (Å²) in [6.45, 7) is 1.85. The number of rotatable bonds is 2. The lowest BCUT2D eigenvalue weighted by molar-refractivity contribution is 0.0964. The Morgan fingerprint density at radius 1 is 1.42 bits per heavy atom. The average Bonchev–Trinajstić information content (AvgIpc) is 2.76. The molecule has 1 aromatic heterocycles. The molecule has 1 aromatic carbocycles. The molecule has 2 rings (SSSR count). The molecule has 0 atom stereocenters. The summed E-state index contributed by atoms with van der Waals surface area (Å²) in [6, 6.07) is 4.68. The summed E-state index contributed by atoms with van der Waals surface area (Å²) < 4.78 is 5.82. The molecule has 0 saturated carbocycles. The van der Waals surface area contributed by atoms with Crippen molar-refractivity contribution >= 4 is 22.9 Å². The Morgan fingerprint density at radius 3 is 2.79 bits per heavy atom. The summed E-state index contributed by atoms with van der Waals surface area (Å²) >= 11 is 0. The van der Waals surface area contributed by atoms with E-state index in [1.807, 2.05) is 0 Å². The predicted octanol–water partition coefficient (Wildman–Crippen LogP) is 0.694. The van der Waals surface area contributed by atoms with Gasteiger partial charge in [-0.05, 0) is 19.1 Å². The highest BCUT2D eigenvalue weighted by Gasteiger charge is 2.18. The fourth-order valence-corrected chi connectivity index (χ4v) is 1.84. The Bertz CT molecular complexity index is 699. The molecular weight excluding hydrogens is 250 g/mol. The lowest BCUT2D eigenvalue weighted by Crippen LogP contribution is -2.19. The van der Waals surface area contributed by atoms with Gasteiger partial charge in [-0.3, -0.25) is 14.7 Å². The molecular formula is C12H13N3O4. The van der Waals surface area contributed by atoms with Crippen molar-refractivity contribution in [3.05, 3.63) is 34.1 Å². The Labute approximate surface area is 108 Å². The van der Waals surface area contributed by atoms with Gasteiger partial charge < -0.3 is 10.1 Å². The second-order valence-electron chi connectivity index (χ2n) is 3.75. The summed E-state index contributed by atoms with van der Waals surface area (Å²) in [7, 11) is 1.47. The molecule has 7 nitrogen and oxygen atoms in total. The molecule has 2 N–H and O–H groups in total. The minimum Gasteiger partial charge on any atom is -0.448 e. The zero-order valence-corrected chi connectivity index (χ0v) is 10.5. The molecule has 19 heavy (non-hydrogen) atoms. The zero-order valence-electron chi connectivity index (χ0n) is 10.5. The Morgan fingerprint density at radius 2 is 2.16 bits per heavy atom. The molecule has 0 aliphatic rings. The van der Waals surface area contributed by atoms with Gasteiger partial charge in [-0.25, -0.2) is 4.79 Å². The van der Waals surface area contributed by atoms with E-state index < -0.39 is 17.6 Å². The molecule has 1 amide bonds. The van der Waals surface area contributed by atoms with Gasteiger partial charge in [0.05, 0.1) is 23.1 Å². The predicted molar refractivity (Wildman–Crippen MR) is 68.4 cm³/mol. The second-order valence-corrected chi connectivity index (χ2v) is 3.75. The smallest absolute Gasteiger partial charge is 0.433 e. The van der Waals surface area contributed by atoms with Crippen molar-refractivity contribution in [3.8, 4) is 0 Å². The summed E-state index contributed by atoms with van der Waals surface area (Å²) in [5.41, 5.74) is 0.0103. The van der Waals surface area contributed by atoms with Crippen LogP contribution in [0.25, 0.3) is 10.9 Å². The Kier molecular flexibility index (Phi) is 3.37. The van der Waals surface area contributed by atoms with Crippen LogP contribution < -0.4 is 10.9 Å². The second kappa shape index (κ2) is 4.97. The Balaban J connectivity index is 2.70. The molecule has 0 radical (unpaired) electrons. The number of amides is 1. The fourth-order valence-electron chi connectivity index (χ4n) is 1.84. The van der Waals surface area contributed by atoms with Crippen LogP contribution in [0, 0.1) is 0 Å². The quantitative estimate of drug-likeness (QED) is 0.833. The third-order valence-electron chi connectivity index (χ3n) is 2.65. The van der Waals surface area contributed by atoms with Gasteiger partial charge in [-0.2, -0.15) is 4.68 Å². The van der Waals surface area contributed by atoms with Gasteiger partial charge in [-0.1, -0.05) is 6.07 Å². The van der Waals surface area contributed by atoms with Gasteiger partial charge in [0.2, 0.25) is 0 Å². The van der Waals surface area contributed by atoms with Crippen LogP contribution in [0.1, 0.15) is 17.3 Å². The largest absolute Gasteiger partial charge is 0.448 e. The maximum atomic E-state index is 11.9. The van der Waals surface area contributed by atoms with Crippen molar-refractivity contribution in [2.45, 2.75) is 6.92 Å². The maximum Gasteiger partial charge on any atom is 0.433 e. The number of carbonyl (C=O) groups excluding carboxylic acids is 2. The summed E-state index contributed by atoms with van der Waals surface area (Å²) in [6.07, 6.45) is -0.691. The van der Waals surface area contributed by atoms with E-state index in [-0.39, 0.29) is 17.6 Å². The molecule has 100 valence electrons. The van der Waals surface area contributed by atoms with Gasteiger partial charge in [0.1, 0.15) is 0 Å². The number of ether oxygens (including phenoxy) is 1. The summed E-state index contributed by atoms with van der Waals surface area (Å²) in [4.78, 5) is 35.3. The number of nitrogens with zero attached hydrogens (tertiary/aromatic N) is 1. The number of benzene rings is 1. The van der Waals surface area contributed by atoms with E-state index in [1.54, 1.807) is 19.1 Å². The van der Waals surface area contributed by atoms with Crippen LogP contribution in [-0.4, -0.2) is 35.4 Å². The number of H-pyrrole nitrogens is 1. The first kappa shape index (κ1) is 12.9. The van der Waals surface area contributed by atoms with E-state index in [9.17, 15) is 14.4 Å². The minimum atomic E-state index is -0.691. The Hall–Kier alpha value is -2.57. The van der Waals surface area contributed by atoms with Gasteiger partial charge in [-0.15, -0.1) is 0 Å². The van der Waals surface area contributed by atoms with Crippen molar-refractivity contribution in [3.63, 3.8) is 0 Å². The van der Waals surface area contributed by atoms with E-state index in [2.05, 4.69) is 10.4 Å². The molecule has 1 heterocycles. The molecule has 0 bridgehead atoms. The molecule has 0 fully saturated rings. The van der Waals surface area contributed by atoms with E-state index >= 15 is 0 Å². The highest BCUT2D eigenvalue weighted by atomic mass is 16.6. The molecule has 0 saturated heterocycles. The number of nitrogens with one attached hydrogen (secondary N) is 2. The number of hydrogen-bond acceptors (Lipinski definition) is 4. The van der Waals surface area contributed by atoms with Crippen LogP contribution >= 0.6 is 0 Å². The average molecular weight is 263 g/mol. The van der Waals surface area contributed by atoms with Crippen molar-refractivity contribution in [1.29, 1.82) is 0 Å². The zero-order chi connectivity index (χ0) is 14.0. The van der Waals surface area contributed by atoms with Crippen LogP contribution in [0.15, 0.2) is 23.0 Å². The van der Waals surface area contributed by atoms with Gasteiger partial charge >= 0.3 is 6.09 Å². The van der Waals surface area contributed by atoms with Crippen LogP contribution in [0.2, 0.25) is 0 Å². The fraction of sp³-hybridized carbons (Fsp3) is 0.250. The summed E-state index contributed by atoms with van der Waals surface area (Å²) in [5, 5.41) is 4.97. The van der Waals surface area contributed by atoms with E-state index in [0.29, 0.717) is 5.52 Å². The van der Waals surface area contributed by atoms with Crippen LogP contribution in [0.5, 0.6) is 0 Å².